The third-order valence-corrected chi connectivity index (χ3v) is 4.45. The van der Waals surface area contributed by atoms with Crippen molar-refractivity contribution in [3.8, 4) is 0 Å². The van der Waals surface area contributed by atoms with Crippen molar-refractivity contribution in [2.45, 2.75) is 44.3 Å². The van der Waals surface area contributed by atoms with Gasteiger partial charge in [-0.1, -0.05) is 19.3 Å². The molecule has 1 saturated heterocycles. The number of hydrogen-bond donors (Lipinski definition) is 0. The van der Waals surface area contributed by atoms with E-state index in [0.717, 1.165) is 18.7 Å². The van der Waals surface area contributed by atoms with Crippen LogP contribution in [0.3, 0.4) is 0 Å². The summed E-state index contributed by atoms with van der Waals surface area (Å²) in [6, 6.07) is 0. The van der Waals surface area contributed by atoms with Crippen molar-refractivity contribution in [1.29, 1.82) is 0 Å². The van der Waals surface area contributed by atoms with Crippen LogP contribution in [0.15, 0.2) is 6.33 Å². The van der Waals surface area contributed by atoms with Crippen LogP contribution in [0.2, 0.25) is 0 Å². The number of aryl methyl sites for hydroxylation is 1. The fraction of sp³-hybridized carbons (Fsp3) is 0.800. The van der Waals surface area contributed by atoms with Gasteiger partial charge >= 0.3 is 0 Å². The highest BCUT2D eigenvalue weighted by Crippen LogP contribution is 2.22. The Balaban J connectivity index is 1.50. The summed E-state index contributed by atoms with van der Waals surface area (Å²) in [4.78, 5) is 14.2. The number of ether oxygens (including phenoxy) is 2. The summed E-state index contributed by atoms with van der Waals surface area (Å²) >= 11 is 0. The van der Waals surface area contributed by atoms with Crippen LogP contribution in [0.25, 0.3) is 0 Å². The fourth-order valence-electron chi connectivity index (χ4n) is 3.13. The Hall–Kier alpha value is -1.47. The summed E-state index contributed by atoms with van der Waals surface area (Å²) in [5.41, 5.74) is 0. The number of morpholine rings is 1. The standard InChI is InChI=1S/C15H24N4O3/c1-18-11-16-17-15(18)13-9-19(7-8-21-13)14(20)10-22-12-5-3-2-4-6-12/h11-13H,2-10H2,1H3/t13-/m0/s1. The highest BCUT2D eigenvalue weighted by Gasteiger charge is 2.28. The molecule has 1 aliphatic carbocycles. The summed E-state index contributed by atoms with van der Waals surface area (Å²) < 4.78 is 13.3. The molecule has 0 aromatic carbocycles. The molecule has 7 heteroatoms. The normalized spacial score (nSPS) is 23.7. The molecule has 0 unspecified atom stereocenters. The second-order valence-electron chi connectivity index (χ2n) is 6.07. The molecule has 122 valence electrons. The second-order valence-corrected chi connectivity index (χ2v) is 6.07. The fourth-order valence-corrected chi connectivity index (χ4v) is 3.13. The molecule has 1 aromatic heterocycles. The summed E-state index contributed by atoms with van der Waals surface area (Å²) in [6.07, 6.45) is 7.57. The van der Waals surface area contributed by atoms with E-state index in [2.05, 4.69) is 10.2 Å². The summed E-state index contributed by atoms with van der Waals surface area (Å²) in [5, 5.41) is 7.94. The van der Waals surface area contributed by atoms with Crippen LogP contribution >= 0.6 is 0 Å². The van der Waals surface area contributed by atoms with Crippen LogP contribution < -0.4 is 0 Å². The highest BCUT2D eigenvalue weighted by atomic mass is 16.5. The topological polar surface area (TPSA) is 69.5 Å². The molecule has 0 bridgehead atoms. The number of carbonyl (C=O) groups excluding carboxylic acids is 1. The van der Waals surface area contributed by atoms with Gasteiger partial charge in [-0.05, 0) is 12.8 Å². The zero-order chi connectivity index (χ0) is 15.4. The molecule has 0 N–H and O–H groups in total. The van der Waals surface area contributed by atoms with Gasteiger partial charge in [-0.2, -0.15) is 0 Å². The van der Waals surface area contributed by atoms with Gasteiger partial charge in [0.25, 0.3) is 0 Å². The Bertz CT molecular complexity index is 499. The van der Waals surface area contributed by atoms with Crippen LogP contribution in [-0.2, 0) is 21.3 Å². The van der Waals surface area contributed by atoms with Crippen LogP contribution in [0.5, 0.6) is 0 Å². The first-order valence-corrected chi connectivity index (χ1v) is 8.09. The van der Waals surface area contributed by atoms with Gasteiger partial charge in [-0.3, -0.25) is 4.79 Å². The zero-order valence-corrected chi connectivity index (χ0v) is 13.1. The lowest BCUT2D eigenvalue weighted by Crippen LogP contribution is -2.44. The molecule has 0 radical (unpaired) electrons. The van der Waals surface area contributed by atoms with E-state index in [1.54, 1.807) is 6.33 Å². The third-order valence-electron chi connectivity index (χ3n) is 4.45. The van der Waals surface area contributed by atoms with Crippen LogP contribution in [0, 0.1) is 0 Å². The first-order chi connectivity index (χ1) is 10.7. The van der Waals surface area contributed by atoms with Crippen LogP contribution in [0.1, 0.15) is 44.0 Å². The quantitative estimate of drug-likeness (QED) is 0.832. The van der Waals surface area contributed by atoms with E-state index in [9.17, 15) is 4.79 Å². The maximum absolute atomic E-state index is 12.3. The molecule has 1 atom stereocenters. The molecule has 1 aromatic rings. The monoisotopic (exact) mass is 308 g/mol. The molecular weight excluding hydrogens is 284 g/mol. The smallest absolute Gasteiger partial charge is 0.248 e. The van der Waals surface area contributed by atoms with E-state index < -0.39 is 0 Å². The Labute approximate surface area is 130 Å². The van der Waals surface area contributed by atoms with Crippen molar-refractivity contribution in [3.05, 3.63) is 12.2 Å². The van der Waals surface area contributed by atoms with Crippen LogP contribution in [-0.4, -0.2) is 58.0 Å². The molecule has 3 rings (SSSR count). The lowest BCUT2D eigenvalue weighted by molar-refractivity contribution is -0.146. The predicted molar refractivity (Wildman–Crippen MR) is 79.1 cm³/mol. The minimum atomic E-state index is -0.208. The number of rotatable bonds is 4. The van der Waals surface area contributed by atoms with Crippen molar-refractivity contribution < 1.29 is 14.3 Å². The van der Waals surface area contributed by atoms with Gasteiger partial charge in [0.05, 0.1) is 19.3 Å². The van der Waals surface area contributed by atoms with E-state index in [1.165, 1.54) is 19.3 Å². The number of nitrogens with zero attached hydrogens (tertiary/aromatic N) is 4. The van der Waals surface area contributed by atoms with Gasteiger partial charge in [0.15, 0.2) is 5.82 Å². The molecular formula is C15H24N4O3. The molecule has 1 aliphatic heterocycles. The first-order valence-electron chi connectivity index (χ1n) is 8.09. The molecule has 22 heavy (non-hydrogen) atoms. The lowest BCUT2D eigenvalue weighted by atomic mass is 9.98. The number of carbonyl (C=O) groups is 1. The third kappa shape index (κ3) is 3.64. The van der Waals surface area contributed by atoms with E-state index in [4.69, 9.17) is 9.47 Å². The summed E-state index contributed by atoms with van der Waals surface area (Å²) in [7, 11) is 1.88. The first kappa shape index (κ1) is 15.4. The van der Waals surface area contributed by atoms with Crippen molar-refractivity contribution in [2.24, 2.45) is 7.05 Å². The van der Waals surface area contributed by atoms with E-state index in [-0.39, 0.29) is 24.7 Å². The Morgan fingerprint density at radius 3 is 2.95 bits per heavy atom. The SMILES string of the molecule is Cn1cnnc1[C@@H]1CN(C(=O)COC2CCCCC2)CCO1. The predicted octanol–water partition coefficient (Wildman–Crippen LogP) is 1.06. The molecule has 2 aliphatic rings. The minimum Gasteiger partial charge on any atom is -0.368 e. The number of amides is 1. The van der Waals surface area contributed by atoms with Gasteiger partial charge < -0.3 is 18.9 Å². The molecule has 1 saturated carbocycles. The second kappa shape index (κ2) is 7.19. The summed E-state index contributed by atoms with van der Waals surface area (Å²) in [6.45, 7) is 1.82. The zero-order valence-electron chi connectivity index (χ0n) is 13.1. The maximum atomic E-state index is 12.3. The Morgan fingerprint density at radius 2 is 2.23 bits per heavy atom. The van der Waals surface area contributed by atoms with E-state index in [0.29, 0.717) is 19.7 Å². The van der Waals surface area contributed by atoms with Crippen molar-refractivity contribution in [3.63, 3.8) is 0 Å². The molecule has 1 amide bonds. The van der Waals surface area contributed by atoms with Gasteiger partial charge in [0.1, 0.15) is 19.0 Å². The maximum Gasteiger partial charge on any atom is 0.248 e. The Morgan fingerprint density at radius 1 is 1.41 bits per heavy atom. The average molecular weight is 308 g/mol. The lowest BCUT2D eigenvalue weighted by Gasteiger charge is -2.32. The molecule has 2 fully saturated rings. The van der Waals surface area contributed by atoms with Gasteiger partial charge in [-0.15, -0.1) is 10.2 Å². The molecule has 0 spiro atoms. The van der Waals surface area contributed by atoms with Crippen molar-refractivity contribution in [2.75, 3.05) is 26.3 Å². The van der Waals surface area contributed by atoms with Gasteiger partial charge in [-0.25, -0.2) is 0 Å². The average Bonchev–Trinajstić information content (AvgIpc) is 3.00. The minimum absolute atomic E-state index is 0.0426. The summed E-state index contributed by atoms with van der Waals surface area (Å²) in [5.74, 6) is 0.798. The Kier molecular flexibility index (Phi) is 5.04. The van der Waals surface area contributed by atoms with E-state index >= 15 is 0 Å². The molecule has 7 nitrogen and oxygen atoms in total. The largest absolute Gasteiger partial charge is 0.368 e. The van der Waals surface area contributed by atoms with E-state index in [1.807, 2.05) is 16.5 Å². The highest BCUT2D eigenvalue weighted by molar-refractivity contribution is 5.77. The van der Waals surface area contributed by atoms with Crippen LogP contribution in [0.4, 0.5) is 0 Å². The van der Waals surface area contributed by atoms with Crippen molar-refractivity contribution in [1.82, 2.24) is 19.7 Å². The molecule has 2 heterocycles. The van der Waals surface area contributed by atoms with Gasteiger partial charge in [0.2, 0.25) is 5.91 Å². The number of aromatic nitrogens is 3. The van der Waals surface area contributed by atoms with Gasteiger partial charge in [0, 0.05) is 13.6 Å². The van der Waals surface area contributed by atoms with Crippen molar-refractivity contribution >= 4 is 5.91 Å². The number of hydrogen-bond acceptors (Lipinski definition) is 5.